The molecule has 0 radical (unpaired) electrons. The minimum Gasteiger partial charge on any atom is -0.384 e. The lowest BCUT2D eigenvalue weighted by atomic mass is 10.4. The number of aromatic amines is 1. The lowest BCUT2D eigenvalue weighted by molar-refractivity contribution is 1.03. The minimum atomic E-state index is -0.0611. The van der Waals surface area contributed by atoms with Gasteiger partial charge >= 0.3 is 4.87 Å². The number of thiazole rings is 1. The molecule has 4 N–H and O–H groups in total. The molecule has 0 aliphatic heterocycles. The van der Waals surface area contributed by atoms with E-state index in [1.54, 1.807) is 11.4 Å². The largest absolute Gasteiger partial charge is 0.384 e. The molecule has 0 aliphatic rings. The maximum atomic E-state index is 10.8. The molecule has 78 valence electrons. The molecular formula is C8H9N5OS. The molecule has 0 amide bonds. The van der Waals surface area contributed by atoms with E-state index in [2.05, 4.69) is 20.3 Å². The summed E-state index contributed by atoms with van der Waals surface area (Å²) in [6.07, 6.45) is 1.38. The normalized spacial score (nSPS) is 10.1. The van der Waals surface area contributed by atoms with Crippen LogP contribution in [0.4, 0.5) is 11.6 Å². The quantitative estimate of drug-likeness (QED) is 0.700. The highest BCUT2D eigenvalue weighted by atomic mass is 32.1. The lowest BCUT2D eigenvalue weighted by Gasteiger charge is -2.03. The Morgan fingerprint density at radius 1 is 1.53 bits per heavy atom. The first-order valence-corrected chi connectivity index (χ1v) is 5.10. The zero-order chi connectivity index (χ0) is 10.7. The molecule has 0 aromatic carbocycles. The van der Waals surface area contributed by atoms with Crippen LogP contribution >= 0.6 is 11.3 Å². The predicted octanol–water partition coefficient (Wildman–Crippen LogP) is 0.421. The molecule has 7 heteroatoms. The number of aromatic nitrogens is 3. The van der Waals surface area contributed by atoms with Crippen molar-refractivity contribution in [1.82, 2.24) is 15.0 Å². The van der Waals surface area contributed by atoms with Crippen LogP contribution < -0.4 is 15.9 Å². The Hall–Kier alpha value is -1.89. The molecular weight excluding hydrogens is 214 g/mol. The molecule has 0 aliphatic carbocycles. The first-order chi connectivity index (χ1) is 7.24. The zero-order valence-corrected chi connectivity index (χ0v) is 8.54. The number of hydrogen-bond donors (Lipinski definition) is 3. The van der Waals surface area contributed by atoms with Gasteiger partial charge in [-0.2, -0.15) is 0 Å². The van der Waals surface area contributed by atoms with Crippen LogP contribution in [0.15, 0.2) is 22.6 Å². The highest BCUT2D eigenvalue weighted by Gasteiger charge is 1.98. The standard InChI is InChI=1S/C8H9N5OS/c9-6-1-7(12-4-11-6)10-2-5-3-15-8(14)13-5/h1,3-4H,2H2,(H,13,14)(H3,9,10,11,12). The van der Waals surface area contributed by atoms with Gasteiger partial charge < -0.3 is 16.0 Å². The van der Waals surface area contributed by atoms with Gasteiger partial charge in [-0.3, -0.25) is 4.79 Å². The number of nitrogens with two attached hydrogens (primary N) is 1. The van der Waals surface area contributed by atoms with Crippen molar-refractivity contribution in [2.24, 2.45) is 0 Å². The first-order valence-electron chi connectivity index (χ1n) is 4.22. The Morgan fingerprint density at radius 2 is 2.40 bits per heavy atom. The number of H-pyrrole nitrogens is 1. The molecule has 2 rings (SSSR count). The summed E-state index contributed by atoms with van der Waals surface area (Å²) < 4.78 is 0. The summed E-state index contributed by atoms with van der Waals surface area (Å²) in [4.78, 5) is 21.2. The number of nitrogen functional groups attached to an aromatic ring is 1. The average Bonchev–Trinajstić information content (AvgIpc) is 2.62. The van der Waals surface area contributed by atoms with E-state index in [0.717, 1.165) is 17.0 Å². The summed E-state index contributed by atoms with van der Waals surface area (Å²) in [6, 6.07) is 1.63. The Kier molecular flexibility index (Phi) is 2.64. The van der Waals surface area contributed by atoms with Crippen molar-refractivity contribution in [3.8, 4) is 0 Å². The Balaban J connectivity index is 2.02. The summed E-state index contributed by atoms with van der Waals surface area (Å²) in [7, 11) is 0. The highest BCUT2D eigenvalue weighted by molar-refractivity contribution is 7.07. The number of nitrogens with zero attached hydrogens (tertiary/aromatic N) is 2. The van der Waals surface area contributed by atoms with Crippen molar-refractivity contribution in [1.29, 1.82) is 0 Å². The molecule has 2 aromatic rings. The van der Waals surface area contributed by atoms with Crippen molar-refractivity contribution in [3.05, 3.63) is 33.1 Å². The fourth-order valence-corrected chi connectivity index (χ4v) is 1.64. The van der Waals surface area contributed by atoms with Crippen molar-refractivity contribution < 1.29 is 0 Å². The lowest BCUT2D eigenvalue weighted by Crippen LogP contribution is -2.04. The van der Waals surface area contributed by atoms with Crippen LogP contribution in [-0.2, 0) is 6.54 Å². The number of rotatable bonds is 3. The topological polar surface area (TPSA) is 96.7 Å². The summed E-state index contributed by atoms with van der Waals surface area (Å²) in [5, 5.41) is 4.78. The number of hydrogen-bond acceptors (Lipinski definition) is 6. The van der Waals surface area contributed by atoms with Crippen LogP contribution in [0.25, 0.3) is 0 Å². The van der Waals surface area contributed by atoms with Gasteiger partial charge in [0.05, 0.1) is 6.54 Å². The van der Waals surface area contributed by atoms with Gasteiger partial charge in [0, 0.05) is 17.1 Å². The Bertz CT molecular complexity index is 505. The molecule has 0 saturated carbocycles. The van der Waals surface area contributed by atoms with Crippen LogP contribution in [0, 0.1) is 0 Å². The molecule has 2 heterocycles. The van der Waals surface area contributed by atoms with E-state index in [-0.39, 0.29) is 4.87 Å². The maximum Gasteiger partial charge on any atom is 0.304 e. The van der Waals surface area contributed by atoms with Crippen LogP contribution in [-0.4, -0.2) is 15.0 Å². The molecule has 0 unspecified atom stereocenters. The van der Waals surface area contributed by atoms with Gasteiger partial charge in [-0.15, -0.1) is 0 Å². The van der Waals surface area contributed by atoms with Gasteiger partial charge in [-0.05, 0) is 0 Å². The van der Waals surface area contributed by atoms with Gasteiger partial charge in [0.15, 0.2) is 0 Å². The van der Waals surface area contributed by atoms with Gasteiger partial charge in [0.2, 0.25) is 0 Å². The molecule has 6 nitrogen and oxygen atoms in total. The highest BCUT2D eigenvalue weighted by Crippen LogP contribution is 2.06. The van der Waals surface area contributed by atoms with Crippen LogP contribution in [0.2, 0.25) is 0 Å². The van der Waals surface area contributed by atoms with E-state index in [1.165, 1.54) is 6.33 Å². The molecule has 2 aromatic heterocycles. The maximum absolute atomic E-state index is 10.8. The number of anilines is 2. The molecule has 0 bridgehead atoms. The Labute approximate surface area is 89.2 Å². The van der Waals surface area contributed by atoms with E-state index >= 15 is 0 Å². The van der Waals surface area contributed by atoms with E-state index in [1.807, 2.05) is 0 Å². The Morgan fingerprint density at radius 3 is 3.07 bits per heavy atom. The van der Waals surface area contributed by atoms with Gasteiger partial charge in [0.25, 0.3) is 0 Å². The molecule has 15 heavy (non-hydrogen) atoms. The van der Waals surface area contributed by atoms with Crippen LogP contribution in [0.1, 0.15) is 5.69 Å². The molecule has 0 saturated heterocycles. The third kappa shape index (κ3) is 2.53. The fourth-order valence-electron chi connectivity index (χ4n) is 1.06. The van der Waals surface area contributed by atoms with Crippen LogP contribution in [0.5, 0.6) is 0 Å². The van der Waals surface area contributed by atoms with Crippen molar-refractivity contribution in [2.45, 2.75) is 6.54 Å². The summed E-state index contributed by atoms with van der Waals surface area (Å²) in [5.41, 5.74) is 6.31. The minimum absolute atomic E-state index is 0.0611. The SMILES string of the molecule is Nc1cc(NCc2csc(=O)[nH]2)ncn1. The molecule has 0 fully saturated rings. The van der Waals surface area contributed by atoms with E-state index in [9.17, 15) is 4.79 Å². The second-order valence-corrected chi connectivity index (χ2v) is 3.70. The monoisotopic (exact) mass is 223 g/mol. The first kappa shape index (κ1) is 9.66. The van der Waals surface area contributed by atoms with Gasteiger partial charge in [0.1, 0.15) is 18.0 Å². The zero-order valence-electron chi connectivity index (χ0n) is 7.73. The second-order valence-electron chi connectivity index (χ2n) is 2.86. The fraction of sp³-hybridized carbons (Fsp3) is 0.125. The van der Waals surface area contributed by atoms with Crippen LogP contribution in [0.3, 0.4) is 0 Å². The third-order valence-corrected chi connectivity index (χ3v) is 2.44. The van der Waals surface area contributed by atoms with E-state index in [0.29, 0.717) is 18.2 Å². The molecule has 0 spiro atoms. The number of nitrogens with one attached hydrogen (secondary N) is 2. The van der Waals surface area contributed by atoms with Crippen molar-refractivity contribution >= 4 is 23.0 Å². The summed E-state index contributed by atoms with van der Waals surface area (Å²) in [5.74, 6) is 1.04. The van der Waals surface area contributed by atoms with E-state index in [4.69, 9.17) is 5.73 Å². The van der Waals surface area contributed by atoms with Crippen molar-refractivity contribution in [2.75, 3.05) is 11.1 Å². The summed E-state index contributed by atoms with van der Waals surface area (Å²) in [6.45, 7) is 0.509. The van der Waals surface area contributed by atoms with E-state index < -0.39 is 0 Å². The average molecular weight is 223 g/mol. The third-order valence-electron chi connectivity index (χ3n) is 1.72. The summed E-state index contributed by atoms with van der Waals surface area (Å²) >= 11 is 1.13. The van der Waals surface area contributed by atoms with Gasteiger partial charge in [-0.1, -0.05) is 11.3 Å². The smallest absolute Gasteiger partial charge is 0.304 e. The van der Waals surface area contributed by atoms with Crippen molar-refractivity contribution in [3.63, 3.8) is 0 Å². The predicted molar refractivity (Wildman–Crippen MR) is 58.7 cm³/mol. The molecule has 0 atom stereocenters. The van der Waals surface area contributed by atoms with Gasteiger partial charge in [-0.25, -0.2) is 9.97 Å². The second kappa shape index (κ2) is 4.09.